The average molecular weight is 386 g/mol. The first-order chi connectivity index (χ1) is 13.5. The number of nitro groups is 1. The highest BCUT2D eigenvalue weighted by Gasteiger charge is 2.29. The summed E-state index contributed by atoms with van der Waals surface area (Å²) >= 11 is 0. The molecule has 3 heterocycles. The Bertz CT molecular complexity index is 838. The number of pyridine rings is 1. The second-order valence-corrected chi connectivity index (χ2v) is 6.46. The van der Waals surface area contributed by atoms with Gasteiger partial charge in [-0.15, -0.1) is 0 Å². The summed E-state index contributed by atoms with van der Waals surface area (Å²) in [5.41, 5.74) is -0.222. The average Bonchev–Trinajstić information content (AvgIpc) is 2.72. The number of hydrogen-bond acceptors (Lipinski definition) is 9. The molecule has 2 aromatic heterocycles. The van der Waals surface area contributed by atoms with Gasteiger partial charge in [-0.05, 0) is 12.1 Å². The molecule has 1 saturated heterocycles. The molecule has 11 heteroatoms. The molecule has 0 unspecified atom stereocenters. The van der Waals surface area contributed by atoms with E-state index in [1.54, 1.807) is 20.3 Å². The molecule has 2 aromatic rings. The Morgan fingerprint density at radius 1 is 1.18 bits per heavy atom. The first-order valence-electron chi connectivity index (χ1n) is 8.81. The lowest BCUT2D eigenvalue weighted by atomic mass is 10.2. The number of carbonyl (C=O) groups excluding carboxylic acids is 1. The van der Waals surface area contributed by atoms with E-state index in [1.165, 1.54) is 11.2 Å². The van der Waals surface area contributed by atoms with Gasteiger partial charge in [0.1, 0.15) is 12.1 Å². The Morgan fingerprint density at radius 3 is 2.50 bits per heavy atom. The van der Waals surface area contributed by atoms with Crippen molar-refractivity contribution in [3.8, 4) is 0 Å². The van der Waals surface area contributed by atoms with Crippen molar-refractivity contribution in [2.45, 2.75) is 0 Å². The third-order valence-electron chi connectivity index (χ3n) is 4.44. The third kappa shape index (κ3) is 4.24. The quantitative estimate of drug-likeness (QED) is 0.562. The van der Waals surface area contributed by atoms with Crippen LogP contribution in [0.2, 0.25) is 0 Å². The van der Waals surface area contributed by atoms with Gasteiger partial charge in [0.2, 0.25) is 17.5 Å². The molecule has 1 aliphatic heterocycles. The summed E-state index contributed by atoms with van der Waals surface area (Å²) in [5, 5.41) is 14.5. The third-order valence-corrected chi connectivity index (χ3v) is 4.44. The minimum Gasteiger partial charge on any atom is -0.355 e. The molecule has 0 aliphatic carbocycles. The lowest BCUT2D eigenvalue weighted by Crippen LogP contribution is -2.47. The fourth-order valence-electron chi connectivity index (χ4n) is 2.90. The molecule has 3 rings (SSSR count). The van der Waals surface area contributed by atoms with Crippen LogP contribution in [0.3, 0.4) is 0 Å². The molecule has 0 saturated carbocycles. The molecule has 0 bridgehead atoms. The van der Waals surface area contributed by atoms with Crippen LogP contribution in [0.4, 0.5) is 23.1 Å². The van der Waals surface area contributed by atoms with Crippen molar-refractivity contribution in [1.29, 1.82) is 0 Å². The predicted molar refractivity (Wildman–Crippen MR) is 105 cm³/mol. The maximum atomic E-state index is 11.8. The zero-order chi connectivity index (χ0) is 20.1. The van der Waals surface area contributed by atoms with Gasteiger partial charge in [0.25, 0.3) is 0 Å². The van der Waals surface area contributed by atoms with Gasteiger partial charge >= 0.3 is 5.69 Å². The Morgan fingerprint density at radius 2 is 1.89 bits per heavy atom. The van der Waals surface area contributed by atoms with E-state index in [0.29, 0.717) is 26.2 Å². The summed E-state index contributed by atoms with van der Waals surface area (Å²) in [7, 11) is 3.23. The maximum absolute atomic E-state index is 11.8. The summed E-state index contributed by atoms with van der Waals surface area (Å²) in [5.74, 6) is 0.958. The molecule has 1 N–H and O–H groups in total. The van der Waals surface area contributed by atoms with Crippen molar-refractivity contribution in [2.24, 2.45) is 0 Å². The van der Waals surface area contributed by atoms with E-state index >= 15 is 0 Å². The summed E-state index contributed by atoms with van der Waals surface area (Å²) in [4.78, 5) is 40.8. The maximum Gasteiger partial charge on any atom is 0.353 e. The molecule has 1 fully saturated rings. The van der Waals surface area contributed by atoms with Crippen molar-refractivity contribution in [2.75, 3.05) is 61.9 Å². The number of nitrogens with one attached hydrogen (secondary N) is 1. The van der Waals surface area contributed by atoms with Crippen molar-refractivity contribution in [3.05, 3.63) is 40.8 Å². The highest BCUT2D eigenvalue weighted by atomic mass is 16.6. The molecule has 28 heavy (non-hydrogen) atoms. The molecule has 1 amide bonds. The lowest BCUT2D eigenvalue weighted by molar-refractivity contribution is -0.383. The van der Waals surface area contributed by atoms with Gasteiger partial charge in [0.15, 0.2) is 0 Å². The molecular formula is C17H22N8O3. The van der Waals surface area contributed by atoms with Crippen LogP contribution in [0.1, 0.15) is 0 Å². The summed E-state index contributed by atoms with van der Waals surface area (Å²) in [6, 6.07) is 5.73. The zero-order valence-corrected chi connectivity index (χ0v) is 15.8. The smallest absolute Gasteiger partial charge is 0.353 e. The van der Waals surface area contributed by atoms with E-state index in [9.17, 15) is 14.9 Å². The van der Waals surface area contributed by atoms with Gasteiger partial charge in [-0.3, -0.25) is 14.9 Å². The topological polar surface area (TPSA) is 121 Å². The Balaban J connectivity index is 1.76. The van der Waals surface area contributed by atoms with E-state index in [0.717, 1.165) is 5.82 Å². The van der Waals surface area contributed by atoms with Crippen molar-refractivity contribution in [1.82, 2.24) is 19.9 Å². The zero-order valence-electron chi connectivity index (χ0n) is 15.8. The first kappa shape index (κ1) is 19.3. The number of piperazine rings is 1. The van der Waals surface area contributed by atoms with Gasteiger partial charge in [0, 0.05) is 46.5 Å². The fraction of sp³-hybridized carbons (Fsp3) is 0.412. The minimum absolute atomic E-state index is 0.0392. The van der Waals surface area contributed by atoms with E-state index in [1.807, 2.05) is 23.1 Å². The normalized spacial score (nSPS) is 13.9. The molecule has 0 aromatic carbocycles. The highest BCUT2D eigenvalue weighted by molar-refractivity contribution is 5.81. The molecule has 11 nitrogen and oxygen atoms in total. The molecule has 1 aliphatic rings. The Kier molecular flexibility index (Phi) is 5.82. The Labute approximate surface area is 162 Å². The number of likely N-dealkylation sites (N-methyl/N-ethyl adjacent to an activating group) is 1. The summed E-state index contributed by atoms with van der Waals surface area (Å²) in [6.45, 7) is 2.37. The van der Waals surface area contributed by atoms with Gasteiger partial charge in [0.05, 0.1) is 11.5 Å². The second-order valence-electron chi connectivity index (χ2n) is 6.46. The van der Waals surface area contributed by atoms with Crippen LogP contribution in [-0.2, 0) is 4.79 Å². The standard InChI is InChI=1S/C17H22N8O3/c1-22(2)14(26)11-19-16-15(25(27)28)17(21-12-20-16)24-9-7-23(8-10-24)13-5-3-4-6-18-13/h3-6,12H,7-11H2,1-2H3,(H,19,20,21). The predicted octanol–water partition coefficient (Wildman–Crippen LogP) is 0.606. The van der Waals surface area contributed by atoms with E-state index in [4.69, 9.17) is 0 Å². The largest absolute Gasteiger partial charge is 0.355 e. The molecule has 0 radical (unpaired) electrons. The van der Waals surface area contributed by atoms with E-state index in [-0.39, 0.29) is 29.8 Å². The van der Waals surface area contributed by atoms with Crippen LogP contribution in [0.5, 0.6) is 0 Å². The number of nitrogens with zero attached hydrogens (tertiary/aromatic N) is 7. The number of aromatic nitrogens is 3. The fourth-order valence-corrected chi connectivity index (χ4v) is 2.90. The summed E-state index contributed by atoms with van der Waals surface area (Å²) < 4.78 is 0. The van der Waals surface area contributed by atoms with E-state index in [2.05, 4.69) is 25.2 Å². The van der Waals surface area contributed by atoms with Crippen LogP contribution >= 0.6 is 0 Å². The van der Waals surface area contributed by atoms with Crippen molar-refractivity contribution in [3.63, 3.8) is 0 Å². The minimum atomic E-state index is -0.511. The van der Waals surface area contributed by atoms with Crippen LogP contribution in [0.25, 0.3) is 0 Å². The first-order valence-corrected chi connectivity index (χ1v) is 8.81. The van der Waals surface area contributed by atoms with Gasteiger partial charge in [-0.1, -0.05) is 6.07 Å². The number of anilines is 3. The molecular weight excluding hydrogens is 364 g/mol. The SMILES string of the molecule is CN(C)C(=O)CNc1ncnc(N2CCN(c3ccccn3)CC2)c1[N+](=O)[O-]. The van der Waals surface area contributed by atoms with Crippen LogP contribution in [0.15, 0.2) is 30.7 Å². The number of hydrogen-bond donors (Lipinski definition) is 1. The van der Waals surface area contributed by atoms with E-state index < -0.39 is 4.92 Å². The molecule has 0 spiro atoms. The Hall–Kier alpha value is -3.50. The second kappa shape index (κ2) is 8.46. The molecule has 148 valence electrons. The van der Waals surface area contributed by atoms with Gasteiger partial charge < -0.3 is 20.0 Å². The van der Waals surface area contributed by atoms with Crippen molar-refractivity contribution >= 4 is 29.0 Å². The lowest BCUT2D eigenvalue weighted by Gasteiger charge is -2.35. The van der Waals surface area contributed by atoms with Crippen molar-refractivity contribution < 1.29 is 9.72 Å². The van der Waals surface area contributed by atoms with Crippen LogP contribution < -0.4 is 15.1 Å². The van der Waals surface area contributed by atoms with Crippen LogP contribution in [0, 0.1) is 10.1 Å². The summed E-state index contributed by atoms with van der Waals surface area (Å²) in [6.07, 6.45) is 3.01. The number of rotatable bonds is 6. The monoisotopic (exact) mass is 386 g/mol. The van der Waals surface area contributed by atoms with Gasteiger partial charge in [-0.2, -0.15) is 0 Å². The highest BCUT2D eigenvalue weighted by Crippen LogP contribution is 2.32. The van der Waals surface area contributed by atoms with Crippen LogP contribution in [-0.4, -0.2) is 77.5 Å². The number of amides is 1. The number of carbonyl (C=O) groups is 1. The molecule has 0 atom stereocenters. The van der Waals surface area contributed by atoms with Gasteiger partial charge in [-0.25, -0.2) is 15.0 Å².